The average Bonchev–Trinajstić information content (AvgIpc) is 2.87. The van der Waals surface area contributed by atoms with Crippen molar-refractivity contribution in [1.82, 2.24) is 14.5 Å². The van der Waals surface area contributed by atoms with Gasteiger partial charge in [-0.1, -0.05) is 25.3 Å². The zero-order valence-electron chi connectivity index (χ0n) is 12.2. The van der Waals surface area contributed by atoms with Gasteiger partial charge >= 0.3 is 0 Å². The van der Waals surface area contributed by atoms with E-state index < -0.39 is 0 Å². The van der Waals surface area contributed by atoms with Gasteiger partial charge in [0.05, 0.1) is 30.3 Å². The Labute approximate surface area is 128 Å². The van der Waals surface area contributed by atoms with Gasteiger partial charge in [-0.15, -0.1) is 16.7 Å². The van der Waals surface area contributed by atoms with Gasteiger partial charge in [0.25, 0.3) is 5.91 Å². The lowest BCUT2D eigenvalue weighted by molar-refractivity contribution is -0.0370. The Morgan fingerprint density at radius 2 is 2.25 bits per heavy atom. The summed E-state index contributed by atoms with van der Waals surface area (Å²) in [5.41, 5.74) is 0.563. The number of ether oxygens (including phenoxy) is 1. The summed E-state index contributed by atoms with van der Waals surface area (Å²) in [5, 5.41) is 4.13. The van der Waals surface area contributed by atoms with Crippen molar-refractivity contribution in [3.8, 4) is 0 Å². The summed E-state index contributed by atoms with van der Waals surface area (Å²) < 4.78 is 9.54. The predicted octanol–water partition coefficient (Wildman–Crippen LogP) is 2.30. The van der Waals surface area contributed by atoms with Crippen molar-refractivity contribution in [2.75, 3.05) is 19.0 Å². The van der Waals surface area contributed by atoms with Gasteiger partial charge in [-0.05, 0) is 18.5 Å². The molecule has 2 unspecified atom stereocenters. The van der Waals surface area contributed by atoms with Gasteiger partial charge in [-0.25, -0.2) is 0 Å². The lowest BCUT2D eigenvalue weighted by Crippen LogP contribution is -2.51. The molecule has 0 N–H and O–H groups in total. The SMILES string of the molecule is CC1COC(CCl)CN1C(=O)c1snnc1C(C)(C)C. The summed E-state index contributed by atoms with van der Waals surface area (Å²) in [6.45, 7) is 9.11. The van der Waals surface area contributed by atoms with E-state index in [2.05, 4.69) is 9.59 Å². The number of halogens is 1. The number of carbonyl (C=O) groups is 1. The molecule has 1 amide bonds. The Balaban J connectivity index is 2.24. The number of hydrogen-bond donors (Lipinski definition) is 0. The first kappa shape index (κ1) is 15.7. The molecular weight excluding hydrogens is 298 g/mol. The van der Waals surface area contributed by atoms with Crippen LogP contribution in [-0.2, 0) is 10.2 Å². The fourth-order valence-electron chi connectivity index (χ4n) is 2.15. The van der Waals surface area contributed by atoms with Crippen molar-refractivity contribution in [2.24, 2.45) is 0 Å². The molecule has 0 saturated carbocycles. The predicted molar refractivity (Wildman–Crippen MR) is 79.6 cm³/mol. The molecule has 0 spiro atoms. The van der Waals surface area contributed by atoms with E-state index in [9.17, 15) is 4.79 Å². The standard InChI is InChI=1S/C13H20ClN3O2S/c1-8-7-19-9(5-14)6-17(8)12(18)10-11(13(2,3)4)15-16-20-10/h8-9H,5-7H2,1-4H3. The highest BCUT2D eigenvalue weighted by Crippen LogP contribution is 2.28. The first-order valence-electron chi connectivity index (χ1n) is 6.66. The van der Waals surface area contributed by atoms with Gasteiger partial charge in [0, 0.05) is 12.0 Å². The van der Waals surface area contributed by atoms with Crippen LogP contribution < -0.4 is 0 Å². The number of nitrogens with zero attached hydrogens (tertiary/aromatic N) is 3. The van der Waals surface area contributed by atoms with Gasteiger partial charge in [0.15, 0.2) is 0 Å². The monoisotopic (exact) mass is 317 g/mol. The number of rotatable bonds is 2. The summed E-state index contributed by atoms with van der Waals surface area (Å²) in [6, 6.07) is 0.0388. The molecule has 1 saturated heterocycles. The van der Waals surface area contributed by atoms with Crippen molar-refractivity contribution in [2.45, 2.75) is 45.3 Å². The summed E-state index contributed by atoms with van der Waals surface area (Å²) in [5.74, 6) is 0.375. The zero-order chi connectivity index (χ0) is 14.9. The lowest BCUT2D eigenvalue weighted by atomic mass is 9.91. The summed E-state index contributed by atoms with van der Waals surface area (Å²) in [7, 11) is 0. The van der Waals surface area contributed by atoms with Crippen molar-refractivity contribution in [1.29, 1.82) is 0 Å². The highest BCUT2D eigenvalue weighted by molar-refractivity contribution is 7.08. The molecule has 2 atom stereocenters. The summed E-state index contributed by atoms with van der Waals surface area (Å²) >= 11 is 7.00. The zero-order valence-corrected chi connectivity index (χ0v) is 13.8. The topological polar surface area (TPSA) is 55.3 Å². The first-order chi connectivity index (χ1) is 9.34. The Kier molecular flexibility index (Phi) is 4.66. The van der Waals surface area contributed by atoms with Crippen LogP contribution in [0.4, 0.5) is 0 Å². The second-order valence-electron chi connectivity index (χ2n) is 6.12. The second kappa shape index (κ2) is 5.95. The van der Waals surface area contributed by atoms with E-state index in [0.29, 0.717) is 23.9 Å². The van der Waals surface area contributed by atoms with Gasteiger partial charge in [-0.3, -0.25) is 4.79 Å². The molecule has 0 radical (unpaired) electrons. The molecule has 112 valence electrons. The molecular formula is C13H20ClN3O2S. The molecule has 2 heterocycles. The van der Waals surface area contributed by atoms with Crippen LogP contribution in [0.2, 0.25) is 0 Å². The average molecular weight is 318 g/mol. The fraction of sp³-hybridized carbons (Fsp3) is 0.769. The maximum atomic E-state index is 12.8. The third kappa shape index (κ3) is 3.13. The van der Waals surface area contributed by atoms with E-state index in [1.54, 1.807) is 0 Å². The Bertz CT molecular complexity index is 486. The van der Waals surface area contributed by atoms with Crippen molar-refractivity contribution >= 4 is 29.0 Å². The number of aromatic nitrogens is 2. The van der Waals surface area contributed by atoms with Crippen LogP contribution >= 0.6 is 23.1 Å². The third-order valence-corrected chi connectivity index (χ3v) is 4.39. The quantitative estimate of drug-likeness (QED) is 0.785. The number of alkyl halides is 1. The maximum Gasteiger partial charge on any atom is 0.267 e. The van der Waals surface area contributed by atoms with Crippen LogP contribution in [0.15, 0.2) is 0 Å². The van der Waals surface area contributed by atoms with Crippen LogP contribution in [0.25, 0.3) is 0 Å². The van der Waals surface area contributed by atoms with Gasteiger partial charge in [0.2, 0.25) is 0 Å². The molecule has 7 heteroatoms. The number of carbonyl (C=O) groups excluding carboxylic acids is 1. The van der Waals surface area contributed by atoms with Crippen LogP contribution in [0, 0.1) is 0 Å². The molecule has 1 aliphatic rings. The van der Waals surface area contributed by atoms with Crippen molar-refractivity contribution < 1.29 is 9.53 Å². The molecule has 1 aromatic heterocycles. The molecule has 0 bridgehead atoms. The summed E-state index contributed by atoms with van der Waals surface area (Å²) in [4.78, 5) is 15.2. The van der Waals surface area contributed by atoms with Crippen LogP contribution in [-0.4, -0.2) is 51.6 Å². The normalized spacial score (nSPS) is 23.9. The molecule has 0 aromatic carbocycles. The first-order valence-corrected chi connectivity index (χ1v) is 7.96. The Morgan fingerprint density at radius 1 is 1.55 bits per heavy atom. The highest BCUT2D eigenvalue weighted by atomic mass is 35.5. The van der Waals surface area contributed by atoms with E-state index in [4.69, 9.17) is 16.3 Å². The Hall–Kier alpha value is -0.720. The minimum atomic E-state index is -0.195. The van der Waals surface area contributed by atoms with E-state index in [1.807, 2.05) is 32.6 Å². The number of hydrogen-bond acceptors (Lipinski definition) is 5. The Morgan fingerprint density at radius 3 is 2.85 bits per heavy atom. The smallest absolute Gasteiger partial charge is 0.267 e. The molecule has 20 heavy (non-hydrogen) atoms. The maximum absolute atomic E-state index is 12.8. The minimum Gasteiger partial charge on any atom is -0.373 e. The van der Waals surface area contributed by atoms with E-state index >= 15 is 0 Å². The van der Waals surface area contributed by atoms with Gasteiger partial charge < -0.3 is 9.64 Å². The van der Waals surface area contributed by atoms with E-state index in [0.717, 1.165) is 17.2 Å². The van der Waals surface area contributed by atoms with Crippen LogP contribution in [0.1, 0.15) is 43.1 Å². The minimum absolute atomic E-state index is 0.0177. The van der Waals surface area contributed by atoms with Crippen molar-refractivity contribution in [3.63, 3.8) is 0 Å². The summed E-state index contributed by atoms with van der Waals surface area (Å²) in [6.07, 6.45) is -0.101. The van der Waals surface area contributed by atoms with E-state index in [-0.39, 0.29) is 23.5 Å². The van der Waals surface area contributed by atoms with Crippen molar-refractivity contribution in [3.05, 3.63) is 10.6 Å². The number of amides is 1. The lowest BCUT2D eigenvalue weighted by Gasteiger charge is -2.37. The van der Waals surface area contributed by atoms with Crippen LogP contribution in [0.5, 0.6) is 0 Å². The molecule has 2 rings (SSSR count). The molecule has 1 fully saturated rings. The molecule has 0 aliphatic carbocycles. The van der Waals surface area contributed by atoms with Gasteiger partial charge in [-0.2, -0.15) is 0 Å². The van der Waals surface area contributed by atoms with Crippen LogP contribution in [0.3, 0.4) is 0 Å². The van der Waals surface area contributed by atoms with Gasteiger partial charge in [0.1, 0.15) is 4.88 Å². The molecule has 5 nitrogen and oxygen atoms in total. The number of morpholine rings is 1. The third-order valence-electron chi connectivity index (χ3n) is 3.33. The molecule has 1 aromatic rings. The second-order valence-corrected chi connectivity index (χ2v) is 7.18. The van der Waals surface area contributed by atoms with E-state index in [1.165, 1.54) is 0 Å². The fourth-order valence-corrected chi connectivity index (χ4v) is 3.17. The molecule has 1 aliphatic heterocycles. The highest BCUT2D eigenvalue weighted by Gasteiger charge is 2.34. The largest absolute Gasteiger partial charge is 0.373 e.